The first kappa shape index (κ1) is 16.6. The number of allylic oxidation sites excluding steroid dienone is 1. The van der Waals surface area contributed by atoms with Crippen molar-refractivity contribution in [3.05, 3.63) is 59.7 Å². The van der Waals surface area contributed by atoms with Gasteiger partial charge in [0.1, 0.15) is 0 Å². The Morgan fingerprint density at radius 1 is 1.13 bits per heavy atom. The van der Waals surface area contributed by atoms with Gasteiger partial charge in [0.25, 0.3) is 0 Å². The molecule has 3 heteroatoms. The second-order valence-electron chi connectivity index (χ2n) is 5.15. The van der Waals surface area contributed by atoms with Gasteiger partial charge in [-0.15, -0.1) is 0 Å². The minimum Gasteiger partial charge on any atom is -0.493 e. The van der Waals surface area contributed by atoms with E-state index in [9.17, 15) is 5.26 Å². The predicted molar refractivity (Wildman–Crippen MR) is 93.3 cm³/mol. The Bertz CT molecular complexity index is 699. The van der Waals surface area contributed by atoms with E-state index in [1.54, 1.807) is 7.11 Å². The van der Waals surface area contributed by atoms with Gasteiger partial charge in [-0.05, 0) is 35.8 Å². The quantitative estimate of drug-likeness (QED) is 0.413. The number of unbranched alkanes of at least 4 members (excludes halogenated alkanes) is 1. The van der Waals surface area contributed by atoms with E-state index in [0.717, 1.165) is 29.7 Å². The molecule has 0 spiro atoms. The molecule has 0 amide bonds. The van der Waals surface area contributed by atoms with Crippen LogP contribution in [-0.4, -0.2) is 13.7 Å². The minimum atomic E-state index is 0.618. The Hall–Kier alpha value is -2.73. The lowest BCUT2D eigenvalue weighted by Gasteiger charge is -2.11. The molecule has 3 nitrogen and oxygen atoms in total. The largest absolute Gasteiger partial charge is 0.493 e. The number of methoxy groups -OCH3 is 1. The molecule has 0 aliphatic carbocycles. The van der Waals surface area contributed by atoms with Gasteiger partial charge in [0.05, 0.1) is 25.4 Å². The molecular formula is C20H21NO2. The summed E-state index contributed by atoms with van der Waals surface area (Å²) in [5.41, 5.74) is 2.43. The number of rotatable bonds is 7. The highest BCUT2D eigenvalue weighted by Crippen LogP contribution is 2.30. The first-order chi connectivity index (χ1) is 11.3. The number of nitrogens with zero attached hydrogens (tertiary/aromatic N) is 1. The van der Waals surface area contributed by atoms with E-state index in [1.165, 1.54) is 0 Å². The zero-order valence-electron chi connectivity index (χ0n) is 13.6. The van der Waals surface area contributed by atoms with E-state index in [1.807, 2.05) is 54.6 Å². The number of benzene rings is 2. The highest BCUT2D eigenvalue weighted by Gasteiger charge is 2.06. The van der Waals surface area contributed by atoms with Gasteiger partial charge < -0.3 is 9.47 Å². The van der Waals surface area contributed by atoms with Crippen molar-refractivity contribution in [1.82, 2.24) is 0 Å². The molecule has 0 fully saturated rings. The van der Waals surface area contributed by atoms with Crippen molar-refractivity contribution >= 4 is 11.6 Å². The van der Waals surface area contributed by atoms with Crippen molar-refractivity contribution < 1.29 is 9.47 Å². The number of hydrogen-bond donors (Lipinski definition) is 0. The van der Waals surface area contributed by atoms with Gasteiger partial charge in [-0.1, -0.05) is 49.7 Å². The molecule has 0 heterocycles. The van der Waals surface area contributed by atoms with Crippen LogP contribution in [0.4, 0.5) is 0 Å². The summed E-state index contributed by atoms with van der Waals surface area (Å²) in [6.07, 6.45) is 3.96. The molecule has 0 unspecified atom stereocenters. The van der Waals surface area contributed by atoms with Gasteiger partial charge in [0, 0.05) is 0 Å². The maximum absolute atomic E-state index is 9.39. The molecule has 2 rings (SSSR count). The monoisotopic (exact) mass is 307 g/mol. The normalized spacial score (nSPS) is 10.9. The molecule has 0 N–H and O–H groups in total. The molecule has 2 aromatic carbocycles. The van der Waals surface area contributed by atoms with E-state index in [0.29, 0.717) is 17.9 Å². The van der Waals surface area contributed by atoms with Crippen LogP contribution in [0, 0.1) is 11.3 Å². The Morgan fingerprint density at radius 3 is 2.57 bits per heavy atom. The van der Waals surface area contributed by atoms with Gasteiger partial charge in [-0.2, -0.15) is 5.26 Å². The predicted octanol–water partition coefficient (Wildman–Crippen LogP) is 4.94. The standard InChI is InChI=1S/C20H21NO2/c1-3-4-12-23-19-11-10-16(14-20(19)22-2)13-18(15-21)17-8-6-5-7-9-17/h5-11,13-14H,3-4,12H2,1-2H3/b18-13+. The van der Waals surface area contributed by atoms with Gasteiger partial charge in [-0.3, -0.25) is 0 Å². The fourth-order valence-corrected chi connectivity index (χ4v) is 2.18. The van der Waals surface area contributed by atoms with Crippen LogP contribution in [0.25, 0.3) is 11.6 Å². The highest BCUT2D eigenvalue weighted by molar-refractivity contribution is 5.89. The third kappa shape index (κ3) is 4.62. The Morgan fingerprint density at radius 2 is 1.91 bits per heavy atom. The SMILES string of the molecule is CCCCOc1ccc(/C=C(\C#N)c2ccccc2)cc1OC. The van der Waals surface area contributed by atoms with Crippen LogP contribution in [0.2, 0.25) is 0 Å². The molecule has 0 radical (unpaired) electrons. The van der Waals surface area contributed by atoms with E-state index in [-0.39, 0.29) is 0 Å². The molecule has 2 aromatic rings. The van der Waals surface area contributed by atoms with Crippen LogP contribution in [0.3, 0.4) is 0 Å². The second kappa shape index (κ2) is 8.65. The molecule has 0 atom stereocenters. The van der Waals surface area contributed by atoms with Crippen LogP contribution < -0.4 is 9.47 Å². The van der Waals surface area contributed by atoms with Gasteiger partial charge in [0.2, 0.25) is 0 Å². The average molecular weight is 307 g/mol. The number of nitriles is 1. The van der Waals surface area contributed by atoms with Gasteiger partial charge >= 0.3 is 0 Å². The first-order valence-electron chi connectivity index (χ1n) is 7.76. The molecule has 0 aliphatic rings. The first-order valence-corrected chi connectivity index (χ1v) is 7.76. The van der Waals surface area contributed by atoms with Crippen LogP contribution in [0.5, 0.6) is 11.5 Å². The van der Waals surface area contributed by atoms with Crippen molar-refractivity contribution in [3.8, 4) is 17.6 Å². The van der Waals surface area contributed by atoms with Crippen LogP contribution in [0.1, 0.15) is 30.9 Å². The van der Waals surface area contributed by atoms with Crippen molar-refractivity contribution in [3.63, 3.8) is 0 Å². The van der Waals surface area contributed by atoms with E-state index in [4.69, 9.17) is 9.47 Å². The summed E-state index contributed by atoms with van der Waals surface area (Å²) in [5.74, 6) is 1.41. The zero-order chi connectivity index (χ0) is 16.5. The molecule has 0 bridgehead atoms. The molecule has 0 saturated carbocycles. The lowest BCUT2D eigenvalue weighted by atomic mass is 10.0. The fraction of sp³-hybridized carbons (Fsp3) is 0.250. The molecular weight excluding hydrogens is 286 g/mol. The Balaban J connectivity index is 2.26. The average Bonchev–Trinajstić information content (AvgIpc) is 2.61. The highest BCUT2D eigenvalue weighted by atomic mass is 16.5. The Kier molecular flexibility index (Phi) is 6.26. The maximum atomic E-state index is 9.39. The molecule has 0 aliphatic heterocycles. The lowest BCUT2D eigenvalue weighted by molar-refractivity contribution is 0.288. The second-order valence-corrected chi connectivity index (χ2v) is 5.15. The van der Waals surface area contributed by atoms with Crippen LogP contribution in [-0.2, 0) is 0 Å². The van der Waals surface area contributed by atoms with Crippen molar-refractivity contribution in [2.24, 2.45) is 0 Å². The van der Waals surface area contributed by atoms with Crippen LogP contribution >= 0.6 is 0 Å². The molecule has 23 heavy (non-hydrogen) atoms. The van der Waals surface area contributed by atoms with Crippen LogP contribution in [0.15, 0.2) is 48.5 Å². The topological polar surface area (TPSA) is 42.2 Å². The van der Waals surface area contributed by atoms with Gasteiger partial charge in [-0.25, -0.2) is 0 Å². The van der Waals surface area contributed by atoms with E-state index in [2.05, 4.69) is 13.0 Å². The van der Waals surface area contributed by atoms with Crippen molar-refractivity contribution in [2.45, 2.75) is 19.8 Å². The summed E-state index contributed by atoms with van der Waals surface area (Å²) in [6, 6.07) is 17.6. The smallest absolute Gasteiger partial charge is 0.161 e. The molecule has 0 saturated heterocycles. The van der Waals surface area contributed by atoms with Crippen molar-refractivity contribution in [2.75, 3.05) is 13.7 Å². The molecule has 0 aromatic heterocycles. The van der Waals surface area contributed by atoms with Crippen molar-refractivity contribution in [1.29, 1.82) is 5.26 Å². The Labute approximate surface area is 137 Å². The zero-order valence-corrected chi connectivity index (χ0v) is 13.6. The summed E-state index contributed by atoms with van der Waals surface area (Å²) in [7, 11) is 1.62. The fourth-order valence-electron chi connectivity index (χ4n) is 2.18. The third-order valence-corrected chi connectivity index (χ3v) is 3.46. The van der Waals surface area contributed by atoms with E-state index < -0.39 is 0 Å². The minimum absolute atomic E-state index is 0.618. The summed E-state index contributed by atoms with van der Waals surface area (Å²) < 4.78 is 11.1. The summed E-state index contributed by atoms with van der Waals surface area (Å²) >= 11 is 0. The maximum Gasteiger partial charge on any atom is 0.161 e. The summed E-state index contributed by atoms with van der Waals surface area (Å²) in [6.45, 7) is 2.80. The summed E-state index contributed by atoms with van der Waals surface area (Å²) in [5, 5.41) is 9.39. The number of hydrogen-bond acceptors (Lipinski definition) is 3. The van der Waals surface area contributed by atoms with E-state index >= 15 is 0 Å². The summed E-state index contributed by atoms with van der Waals surface area (Å²) in [4.78, 5) is 0. The molecule has 118 valence electrons. The third-order valence-electron chi connectivity index (χ3n) is 3.46. The number of ether oxygens (including phenoxy) is 2. The van der Waals surface area contributed by atoms with Gasteiger partial charge in [0.15, 0.2) is 11.5 Å². The lowest BCUT2D eigenvalue weighted by Crippen LogP contribution is -1.99.